The predicted octanol–water partition coefficient (Wildman–Crippen LogP) is 2.99. The highest BCUT2D eigenvalue weighted by Crippen LogP contribution is 2.23. The molecule has 1 aliphatic heterocycles. The van der Waals surface area contributed by atoms with Crippen molar-refractivity contribution in [3.8, 4) is 5.69 Å². The topological polar surface area (TPSA) is 64.7 Å². The summed E-state index contributed by atoms with van der Waals surface area (Å²) in [6.45, 7) is 4.40. The van der Waals surface area contributed by atoms with Gasteiger partial charge in [0.15, 0.2) is 0 Å². The van der Waals surface area contributed by atoms with Gasteiger partial charge < -0.3 is 5.32 Å². The van der Waals surface area contributed by atoms with E-state index in [1.807, 2.05) is 35.7 Å². The highest BCUT2D eigenvalue weighted by atomic mass is 35.5. The summed E-state index contributed by atoms with van der Waals surface area (Å²) in [4.78, 5) is 17.7. The minimum Gasteiger partial charge on any atom is -0.316 e. The van der Waals surface area contributed by atoms with E-state index in [1.54, 1.807) is 20.6 Å². The largest absolute Gasteiger partial charge is 0.350 e. The van der Waals surface area contributed by atoms with E-state index >= 15 is 0 Å². The Bertz CT molecular complexity index is 927. The van der Waals surface area contributed by atoms with Crippen LogP contribution in [0.2, 0.25) is 0 Å². The molecule has 27 heavy (non-hydrogen) atoms. The molecule has 0 spiro atoms. The lowest BCUT2D eigenvalue weighted by Crippen LogP contribution is -2.31. The molecule has 0 bridgehead atoms. The Labute approximate surface area is 168 Å². The number of aromatic nitrogens is 4. The third kappa shape index (κ3) is 4.15. The van der Waals surface area contributed by atoms with Crippen LogP contribution in [0.25, 0.3) is 5.69 Å². The lowest BCUT2D eigenvalue weighted by Gasteiger charge is -2.22. The Hall–Kier alpha value is -1.96. The molecule has 6 nitrogen and oxygen atoms in total. The van der Waals surface area contributed by atoms with E-state index in [9.17, 15) is 4.79 Å². The molecule has 2 aromatic heterocycles. The van der Waals surface area contributed by atoms with Crippen molar-refractivity contribution in [1.29, 1.82) is 0 Å². The smallest absolute Gasteiger partial charge is 0.316 e. The van der Waals surface area contributed by atoms with Crippen LogP contribution in [0.4, 0.5) is 0 Å². The average molecular weight is 406 g/mol. The van der Waals surface area contributed by atoms with Gasteiger partial charge in [0.1, 0.15) is 5.82 Å². The Morgan fingerprint density at radius 2 is 2.11 bits per heavy atom. The van der Waals surface area contributed by atoms with E-state index in [0.29, 0.717) is 6.54 Å². The minimum atomic E-state index is -0.0946. The summed E-state index contributed by atoms with van der Waals surface area (Å²) in [7, 11) is 0. The summed E-state index contributed by atoms with van der Waals surface area (Å²) in [6, 6.07) is 9.80. The third-order valence-corrected chi connectivity index (χ3v) is 5.80. The monoisotopic (exact) mass is 405 g/mol. The SMILES string of the molecule is CCc1nc(Cn2nc(C3CCCNC3)n(-c3ccccc3)c2=O)cs1.Cl. The molecule has 1 aliphatic rings. The molecule has 3 heterocycles. The number of nitrogens with zero attached hydrogens (tertiary/aromatic N) is 4. The van der Waals surface area contributed by atoms with Crippen molar-refractivity contribution < 1.29 is 0 Å². The average Bonchev–Trinajstić information content (AvgIpc) is 3.28. The molecule has 1 saturated heterocycles. The fraction of sp³-hybridized carbons (Fsp3) is 0.421. The minimum absolute atomic E-state index is 0. The van der Waals surface area contributed by atoms with Gasteiger partial charge in [-0.25, -0.2) is 19.0 Å². The fourth-order valence-electron chi connectivity index (χ4n) is 3.42. The maximum Gasteiger partial charge on any atom is 0.350 e. The number of benzene rings is 1. The highest BCUT2D eigenvalue weighted by Gasteiger charge is 2.25. The first-order valence-electron chi connectivity index (χ1n) is 9.15. The van der Waals surface area contributed by atoms with Crippen molar-refractivity contribution in [2.75, 3.05) is 13.1 Å². The molecule has 0 saturated carbocycles. The van der Waals surface area contributed by atoms with E-state index in [0.717, 1.165) is 54.6 Å². The zero-order valence-corrected chi connectivity index (χ0v) is 16.9. The van der Waals surface area contributed by atoms with Gasteiger partial charge >= 0.3 is 5.69 Å². The van der Waals surface area contributed by atoms with E-state index in [1.165, 1.54) is 0 Å². The van der Waals surface area contributed by atoms with Gasteiger partial charge in [-0.1, -0.05) is 25.1 Å². The summed E-state index contributed by atoms with van der Waals surface area (Å²) in [5.41, 5.74) is 1.68. The molecular weight excluding hydrogens is 382 g/mol. The highest BCUT2D eigenvalue weighted by molar-refractivity contribution is 7.09. The van der Waals surface area contributed by atoms with Gasteiger partial charge in [-0.05, 0) is 37.9 Å². The van der Waals surface area contributed by atoms with E-state index < -0.39 is 0 Å². The van der Waals surface area contributed by atoms with Crippen LogP contribution < -0.4 is 11.0 Å². The summed E-state index contributed by atoms with van der Waals surface area (Å²) in [6.07, 6.45) is 3.07. The fourth-order valence-corrected chi connectivity index (χ4v) is 4.16. The van der Waals surface area contributed by atoms with Gasteiger partial charge in [-0.2, -0.15) is 5.10 Å². The van der Waals surface area contributed by atoms with Gasteiger partial charge in [0, 0.05) is 17.8 Å². The molecule has 4 rings (SSSR count). The molecule has 0 amide bonds. The Morgan fingerprint density at radius 1 is 1.30 bits per heavy atom. The molecule has 144 valence electrons. The third-order valence-electron chi connectivity index (χ3n) is 4.75. The first kappa shape index (κ1) is 19.8. The van der Waals surface area contributed by atoms with Gasteiger partial charge in [-0.3, -0.25) is 0 Å². The number of aryl methyl sites for hydroxylation is 1. The second-order valence-corrected chi connectivity index (χ2v) is 7.54. The predicted molar refractivity (Wildman–Crippen MR) is 111 cm³/mol. The van der Waals surface area contributed by atoms with Crippen LogP contribution in [-0.2, 0) is 13.0 Å². The Kier molecular flexibility index (Phi) is 6.46. The molecule has 0 radical (unpaired) electrons. The molecule has 3 aromatic rings. The maximum absolute atomic E-state index is 13.1. The van der Waals surface area contributed by atoms with E-state index in [-0.39, 0.29) is 24.0 Å². The standard InChI is InChI=1S/C19H23N5OS.ClH/c1-2-17-21-15(13-26-17)12-23-19(25)24(16-8-4-3-5-9-16)18(22-23)14-7-6-10-20-11-14;/h3-5,8-9,13-14,20H,2,6-7,10-12H2,1H3;1H. The number of thiazole rings is 1. The summed E-state index contributed by atoms with van der Waals surface area (Å²) in [5, 5.41) is 11.3. The number of hydrogen-bond acceptors (Lipinski definition) is 5. The molecule has 1 fully saturated rings. The van der Waals surface area contributed by atoms with Gasteiger partial charge in [-0.15, -0.1) is 23.7 Å². The maximum atomic E-state index is 13.1. The molecule has 0 aliphatic carbocycles. The lowest BCUT2D eigenvalue weighted by atomic mass is 9.99. The van der Waals surface area contributed by atoms with Crippen molar-refractivity contribution in [2.45, 2.75) is 38.6 Å². The van der Waals surface area contributed by atoms with Crippen molar-refractivity contribution in [1.82, 2.24) is 24.6 Å². The Morgan fingerprint density at radius 3 is 2.78 bits per heavy atom. The second-order valence-electron chi connectivity index (χ2n) is 6.60. The normalized spacial score (nSPS) is 16.9. The number of para-hydroxylation sites is 1. The zero-order chi connectivity index (χ0) is 17.9. The number of rotatable bonds is 5. The van der Waals surface area contributed by atoms with Gasteiger partial charge in [0.25, 0.3) is 0 Å². The summed E-state index contributed by atoms with van der Waals surface area (Å²) < 4.78 is 3.33. The number of hydrogen-bond donors (Lipinski definition) is 1. The number of nitrogens with one attached hydrogen (secondary N) is 1. The Balaban J connectivity index is 0.00000210. The summed E-state index contributed by atoms with van der Waals surface area (Å²) >= 11 is 1.64. The molecular formula is C19H24ClN5OS. The molecule has 1 N–H and O–H groups in total. The molecule has 1 atom stereocenters. The van der Waals surface area contributed by atoms with Crippen molar-refractivity contribution >= 4 is 23.7 Å². The van der Waals surface area contributed by atoms with Crippen LogP contribution >= 0.6 is 23.7 Å². The van der Waals surface area contributed by atoms with Crippen LogP contribution in [-0.4, -0.2) is 32.4 Å². The van der Waals surface area contributed by atoms with Crippen molar-refractivity contribution in [3.05, 3.63) is 62.7 Å². The molecule has 1 aromatic carbocycles. The quantitative estimate of drug-likeness (QED) is 0.708. The van der Waals surface area contributed by atoms with E-state index in [2.05, 4.69) is 17.2 Å². The molecule has 8 heteroatoms. The summed E-state index contributed by atoms with van der Waals surface area (Å²) in [5.74, 6) is 1.10. The first-order chi connectivity index (χ1) is 12.8. The van der Waals surface area contributed by atoms with Gasteiger partial charge in [0.2, 0.25) is 0 Å². The zero-order valence-electron chi connectivity index (χ0n) is 15.3. The van der Waals surface area contributed by atoms with Crippen LogP contribution in [0, 0.1) is 0 Å². The lowest BCUT2D eigenvalue weighted by molar-refractivity contribution is 0.439. The number of halogens is 1. The second kappa shape index (κ2) is 8.82. The van der Waals surface area contributed by atoms with Crippen molar-refractivity contribution in [2.24, 2.45) is 0 Å². The van der Waals surface area contributed by atoms with Crippen LogP contribution in [0.1, 0.15) is 42.2 Å². The van der Waals surface area contributed by atoms with Crippen LogP contribution in [0.3, 0.4) is 0 Å². The van der Waals surface area contributed by atoms with Crippen LogP contribution in [0.5, 0.6) is 0 Å². The first-order valence-corrected chi connectivity index (χ1v) is 10.0. The van der Waals surface area contributed by atoms with Crippen LogP contribution in [0.15, 0.2) is 40.5 Å². The molecule has 1 unspecified atom stereocenters. The number of piperidine rings is 1. The van der Waals surface area contributed by atoms with Crippen molar-refractivity contribution in [3.63, 3.8) is 0 Å². The van der Waals surface area contributed by atoms with Gasteiger partial charge in [0.05, 0.1) is 22.9 Å². The van der Waals surface area contributed by atoms with E-state index in [4.69, 9.17) is 5.10 Å².